The molecule has 2 rings (SSSR count). The minimum atomic E-state index is -3.24. The first-order chi connectivity index (χ1) is 6.94. The quantitative estimate of drug-likeness (QED) is 0.831. The van der Waals surface area contributed by atoms with Crippen molar-refractivity contribution in [1.29, 1.82) is 0 Å². The molecule has 7 heteroatoms. The van der Waals surface area contributed by atoms with E-state index in [1.165, 1.54) is 11.3 Å². The van der Waals surface area contributed by atoms with Crippen LogP contribution in [0.3, 0.4) is 0 Å². The van der Waals surface area contributed by atoms with Gasteiger partial charge in [-0.2, -0.15) is 0 Å². The SMILES string of the molecule is CS(=O)(=O)Nc1ccc2nc(N)sc2c1. The molecule has 0 saturated heterocycles. The van der Waals surface area contributed by atoms with Crippen LogP contribution in [0.2, 0.25) is 0 Å². The molecule has 2 aromatic rings. The van der Waals surface area contributed by atoms with E-state index in [1.54, 1.807) is 18.2 Å². The molecule has 15 heavy (non-hydrogen) atoms. The van der Waals surface area contributed by atoms with E-state index in [0.29, 0.717) is 10.8 Å². The van der Waals surface area contributed by atoms with Crippen LogP contribution in [0.15, 0.2) is 18.2 Å². The number of nitrogens with two attached hydrogens (primary N) is 1. The largest absolute Gasteiger partial charge is 0.375 e. The fourth-order valence-corrected chi connectivity index (χ4v) is 2.55. The Bertz CT molecular complexity index is 603. The predicted molar refractivity (Wildman–Crippen MR) is 62.5 cm³/mol. The Balaban J connectivity index is 2.47. The van der Waals surface area contributed by atoms with Crippen molar-refractivity contribution in [3.8, 4) is 0 Å². The molecular weight excluding hydrogens is 234 g/mol. The minimum Gasteiger partial charge on any atom is -0.375 e. The third kappa shape index (κ3) is 2.37. The molecule has 3 N–H and O–H groups in total. The summed E-state index contributed by atoms with van der Waals surface area (Å²) in [6.07, 6.45) is 1.11. The number of sulfonamides is 1. The van der Waals surface area contributed by atoms with Crippen molar-refractivity contribution in [2.24, 2.45) is 0 Å². The monoisotopic (exact) mass is 243 g/mol. The number of anilines is 2. The van der Waals surface area contributed by atoms with E-state index < -0.39 is 10.0 Å². The maximum atomic E-state index is 11.0. The van der Waals surface area contributed by atoms with E-state index in [4.69, 9.17) is 5.73 Å². The molecule has 0 radical (unpaired) electrons. The summed E-state index contributed by atoms with van der Waals surface area (Å²) in [5.74, 6) is 0. The van der Waals surface area contributed by atoms with Crippen molar-refractivity contribution >= 4 is 42.4 Å². The number of thiazole rings is 1. The minimum absolute atomic E-state index is 0.474. The number of aromatic nitrogens is 1. The Labute approximate surface area is 91.0 Å². The number of benzene rings is 1. The Morgan fingerprint density at radius 2 is 2.20 bits per heavy atom. The third-order valence-electron chi connectivity index (χ3n) is 1.71. The first kappa shape index (κ1) is 10.2. The number of nitrogens with one attached hydrogen (secondary N) is 1. The maximum absolute atomic E-state index is 11.0. The Kier molecular flexibility index (Phi) is 2.28. The number of hydrogen-bond acceptors (Lipinski definition) is 5. The van der Waals surface area contributed by atoms with Gasteiger partial charge < -0.3 is 5.73 Å². The molecule has 0 aliphatic carbocycles. The summed E-state index contributed by atoms with van der Waals surface area (Å²) >= 11 is 1.32. The Hall–Kier alpha value is -1.34. The van der Waals surface area contributed by atoms with Gasteiger partial charge in [0.1, 0.15) is 0 Å². The summed E-state index contributed by atoms with van der Waals surface area (Å²) in [5.41, 5.74) is 6.83. The smallest absolute Gasteiger partial charge is 0.229 e. The summed E-state index contributed by atoms with van der Waals surface area (Å²) in [5, 5.41) is 0.474. The molecule has 0 atom stereocenters. The Morgan fingerprint density at radius 1 is 1.47 bits per heavy atom. The van der Waals surface area contributed by atoms with Crippen molar-refractivity contribution in [2.45, 2.75) is 0 Å². The van der Waals surface area contributed by atoms with Crippen LogP contribution < -0.4 is 10.5 Å². The van der Waals surface area contributed by atoms with E-state index in [2.05, 4.69) is 9.71 Å². The van der Waals surface area contributed by atoms with Crippen LogP contribution in [-0.4, -0.2) is 19.7 Å². The number of hydrogen-bond donors (Lipinski definition) is 2. The van der Waals surface area contributed by atoms with Crippen LogP contribution in [0.1, 0.15) is 0 Å². The number of nitrogens with zero attached hydrogens (tertiary/aromatic N) is 1. The summed E-state index contributed by atoms with van der Waals surface area (Å²) < 4.78 is 25.2. The summed E-state index contributed by atoms with van der Waals surface area (Å²) in [6.45, 7) is 0. The molecule has 0 bridgehead atoms. The highest BCUT2D eigenvalue weighted by Crippen LogP contribution is 2.26. The van der Waals surface area contributed by atoms with Crippen molar-refractivity contribution < 1.29 is 8.42 Å². The molecule has 0 saturated carbocycles. The average Bonchev–Trinajstić information content (AvgIpc) is 2.40. The number of fused-ring (bicyclic) bond motifs is 1. The molecule has 1 aromatic heterocycles. The van der Waals surface area contributed by atoms with Gasteiger partial charge in [-0.05, 0) is 18.2 Å². The lowest BCUT2D eigenvalue weighted by atomic mass is 10.3. The lowest BCUT2D eigenvalue weighted by Crippen LogP contribution is -2.09. The summed E-state index contributed by atoms with van der Waals surface area (Å²) in [6, 6.07) is 5.10. The van der Waals surface area contributed by atoms with Gasteiger partial charge in [0.05, 0.1) is 22.2 Å². The van der Waals surface area contributed by atoms with Crippen molar-refractivity contribution in [2.75, 3.05) is 16.7 Å². The molecule has 0 spiro atoms. The molecule has 0 amide bonds. The van der Waals surface area contributed by atoms with Crippen LogP contribution in [0.4, 0.5) is 10.8 Å². The zero-order valence-corrected chi connectivity index (χ0v) is 9.52. The molecule has 1 heterocycles. The summed E-state index contributed by atoms with van der Waals surface area (Å²) in [4.78, 5) is 4.07. The van der Waals surface area contributed by atoms with Gasteiger partial charge >= 0.3 is 0 Å². The second-order valence-corrected chi connectivity index (χ2v) is 5.92. The maximum Gasteiger partial charge on any atom is 0.229 e. The van der Waals surface area contributed by atoms with Crippen LogP contribution >= 0.6 is 11.3 Å². The highest BCUT2D eigenvalue weighted by atomic mass is 32.2. The summed E-state index contributed by atoms with van der Waals surface area (Å²) in [7, 11) is -3.24. The molecule has 0 aliphatic rings. The van der Waals surface area contributed by atoms with Gasteiger partial charge in [-0.25, -0.2) is 13.4 Å². The van der Waals surface area contributed by atoms with E-state index in [-0.39, 0.29) is 0 Å². The van der Waals surface area contributed by atoms with Crippen LogP contribution in [0.5, 0.6) is 0 Å². The van der Waals surface area contributed by atoms with Gasteiger partial charge in [0.25, 0.3) is 0 Å². The van der Waals surface area contributed by atoms with Crippen LogP contribution in [-0.2, 0) is 10.0 Å². The molecule has 80 valence electrons. The molecule has 0 fully saturated rings. The van der Waals surface area contributed by atoms with Crippen LogP contribution in [0.25, 0.3) is 10.2 Å². The second-order valence-electron chi connectivity index (χ2n) is 3.11. The van der Waals surface area contributed by atoms with Gasteiger partial charge in [-0.1, -0.05) is 11.3 Å². The molecule has 0 unspecified atom stereocenters. The molecule has 5 nitrogen and oxygen atoms in total. The van der Waals surface area contributed by atoms with Gasteiger partial charge in [0.15, 0.2) is 5.13 Å². The standard InChI is InChI=1S/C8H9N3O2S2/c1-15(12,13)11-5-2-3-6-7(4-5)14-8(9)10-6/h2-4,11H,1H3,(H2,9,10). The lowest BCUT2D eigenvalue weighted by Gasteiger charge is -2.02. The van der Waals surface area contributed by atoms with Gasteiger partial charge in [0.2, 0.25) is 10.0 Å². The van der Waals surface area contributed by atoms with Gasteiger partial charge in [0, 0.05) is 0 Å². The van der Waals surface area contributed by atoms with E-state index >= 15 is 0 Å². The first-order valence-corrected chi connectivity index (χ1v) is 6.79. The Morgan fingerprint density at radius 3 is 2.87 bits per heavy atom. The lowest BCUT2D eigenvalue weighted by molar-refractivity contribution is 0.607. The zero-order chi connectivity index (χ0) is 11.1. The second kappa shape index (κ2) is 3.35. The molecular formula is C8H9N3O2S2. The highest BCUT2D eigenvalue weighted by Gasteiger charge is 2.05. The van der Waals surface area contributed by atoms with E-state index in [9.17, 15) is 8.42 Å². The highest BCUT2D eigenvalue weighted by molar-refractivity contribution is 7.92. The number of nitrogen functional groups attached to an aromatic ring is 1. The normalized spacial score (nSPS) is 11.8. The van der Waals surface area contributed by atoms with Gasteiger partial charge in [-0.15, -0.1) is 0 Å². The van der Waals surface area contributed by atoms with Crippen molar-refractivity contribution in [3.05, 3.63) is 18.2 Å². The molecule has 1 aromatic carbocycles. The fourth-order valence-electron chi connectivity index (χ4n) is 1.22. The average molecular weight is 243 g/mol. The topological polar surface area (TPSA) is 85.1 Å². The predicted octanol–water partition coefficient (Wildman–Crippen LogP) is 1.25. The van der Waals surface area contributed by atoms with Crippen LogP contribution in [0, 0.1) is 0 Å². The first-order valence-electron chi connectivity index (χ1n) is 4.08. The molecule has 0 aliphatic heterocycles. The van der Waals surface area contributed by atoms with E-state index in [1.807, 2.05) is 0 Å². The fraction of sp³-hybridized carbons (Fsp3) is 0.125. The van der Waals surface area contributed by atoms with Crippen molar-refractivity contribution in [3.63, 3.8) is 0 Å². The van der Waals surface area contributed by atoms with Gasteiger partial charge in [-0.3, -0.25) is 4.72 Å². The number of rotatable bonds is 2. The zero-order valence-electron chi connectivity index (χ0n) is 7.89. The van der Waals surface area contributed by atoms with E-state index in [0.717, 1.165) is 16.5 Å². The van der Waals surface area contributed by atoms with Crippen molar-refractivity contribution in [1.82, 2.24) is 4.98 Å². The third-order valence-corrected chi connectivity index (χ3v) is 3.16.